The Morgan fingerprint density at radius 3 is 2.94 bits per heavy atom. The van der Waals surface area contributed by atoms with Crippen molar-refractivity contribution >= 4 is 17.5 Å². The van der Waals surface area contributed by atoms with Crippen molar-refractivity contribution in [3.63, 3.8) is 0 Å². The Morgan fingerprint density at radius 2 is 2.38 bits per heavy atom. The number of carbonyl (C=O) groups excluding carboxylic acids is 1. The number of hydrogen-bond donors (Lipinski definition) is 0. The lowest BCUT2D eigenvalue weighted by molar-refractivity contribution is 0.0752. The van der Waals surface area contributed by atoms with Gasteiger partial charge in [-0.15, -0.1) is 0 Å². The quantitative estimate of drug-likeness (QED) is 0.763. The molecule has 0 unspecified atom stereocenters. The Hall–Kier alpha value is -1.16. The summed E-state index contributed by atoms with van der Waals surface area (Å²) in [6.45, 7) is 2.51. The summed E-state index contributed by atoms with van der Waals surface area (Å²) in [5.74, 6) is -0.776. The van der Waals surface area contributed by atoms with Crippen molar-refractivity contribution in [2.24, 2.45) is 0 Å². The zero-order chi connectivity index (χ0) is 11.7. The summed E-state index contributed by atoms with van der Waals surface area (Å²) in [5.41, 5.74) is 0.149. The van der Waals surface area contributed by atoms with Gasteiger partial charge < -0.3 is 4.90 Å². The Kier molecular flexibility index (Phi) is 3.10. The van der Waals surface area contributed by atoms with Gasteiger partial charge in [-0.2, -0.15) is 0 Å². The molecule has 1 saturated carbocycles. The molecule has 1 fully saturated rings. The van der Waals surface area contributed by atoms with Gasteiger partial charge in [-0.3, -0.25) is 4.79 Å². The maximum absolute atomic E-state index is 13.0. The molecule has 2 rings (SSSR count). The molecule has 16 heavy (non-hydrogen) atoms. The van der Waals surface area contributed by atoms with E-state index in [1.54, 1.807) is 4.90 Å². The van der Waals surface area contributed by atoms with E-state index in [1.165, 1.54) is 0 Å². The Balaban J connectivity index is 2.28. The molecule has 0 N–H and O–H groups in total. The maximum atomic E-state index is 13.0. The van der Waals surface area contributed by atoms with Crippen LogP contribution in [0.5, 0.6) is 0 Å². The summed E-state index contributed by atoms with van der Waals surface area (Å²) < 4.78 is 13.0. The van der Waals surface area contributed by atoms with Crippen LogP contribution in [0.15, 0.2) is 12.3 Å². The normalized spacial score (nSPS) is 14.9. The van der Waals surface area contributed by atoms with Crippen LogP contribution >= 0.6 is 11.6 Å². The predicted molar refractivity (Wildman–Crippen MR) is 58.9 cm³/mol. The van der Waals surface area contributed by atoms with Gasteiger partial charge in [0.1, 0.15) is 11.0 Å². The number of carbonyl (C=O) groups is 1. The lowest BCUT2D eigenvalue weighted by Gasteiger charge is -2.20. The van der Waals surface area contributed by atoms with Crippen LogP contribution in [-0.4, -0.2) is 28.4 Å². The number of hydrogen-bond acceptors (Lipinski definition) is 2. The molecule has 1 aromatic rings. The molecule has 0 aliphatic heterocycles. The van der Waals surface area contributed by atoms with Gasteiger partial charge in [0.25, 0.3) is 5.91 Å². The molecular weight excluding hydrogens is 231 g/mol. The van der Waals surface area contributed by atoms with Crippen LogP contribution < -0.4 is 0 Å². The highest BCUT2D eigenvalue weighted by molar-refractivity contribution is 6.32. The fourth-order valence-electron chi connectivity index (χ4n) is 1.68. The minimum atomic E-state index is -0.542. The highest BCUT2D eigenvalue weighted by Gasteiger charge is 2.32. The van der Waals surface area contributed by atoms with E-state index in [0.29, 0.717) is 6.54 Å². The van der Waals surface area contributed by atoms with Crippen LogP contribution in [0.2, 0.25) is 5.15 Å². The van der Waals surface area contributed by atoms with Crippen molar-refractivity contribution in [3.05, 3.63) is 28.8 Å². The van der Waals surface area contributed by atoms with Gasteiger partial charge in [-0.05, 0) is 25.8 Å². The summed E-state index contributed by atoms with van der Waals surface area (Å²) >= 11 is 5.79. The first-order chi connectivity index (χ1) is 7.63. The molecule has 0 radical (unpaired) electrons. The summed E-state index contributed by atoms with van der Waals surface area (Å²) in [6.07, 6.45) is 3.03. The molecule has 1 heterocycles. The molecule has 1 aromatic heterocycles. The van der Waals surface area contributed by atoms with Gasteiger partial charge in [0, 0.05) is 12.6 Å². The smallest absolute Gasteiger partial charge is 0.257 e. The first kappa shape index (κ1) is 11.3. The summed E-state index contributed by atoms with van der Waals surface area (Å²) in [4.78, 5) is 17.4. The van der Waals surface area contributed by atoms with E-state index < -0.39 is 5.82 Å². The SMILES string of the molecule is CCN(C(=O)c1cc(F)cnc1Cl)C1CC1. The first-order valence-corrected chi connectivity index (χ1v) is 5.63. The van der Waals surface area contributed by atoms with E-state index in [2.05, 4.69) is 4.98 Å². The van der Waals surface area contributed by atoms with Crippen LogP contribution in [0.4, 0.5) is 4.39 Å². The summed E-state index contributed by atoms with van der Waals surface area (Å²) in [7, 11) is 0. The number of rotatable bonds is 3. The van der Waals surface area contributed by atoms with Crippen molar-refractivity contribution in [1.82, 2.24) is 9.88 Å². The van der Waals surface area contributed by atoms with Gasteiger partial charge in [0.15, 0.2) is 0 Å². The van der Waals surface area contributed by atoms with Crippen LogP contribution in [0, 0.1) is 5.82 Å². The lowest BCUT2D eigenvalue weighted by atomic mass is 10.2. The van der Waals surface area contributed by atoms with Gasteiger partial charge in [-0.25, -0.2) is 9.37 Å². The molecule has 0 aromatic carbocycles. The molecule has 3 nitrogen and oxygen atoms in total. The third kappa shape index (κ3) is 2.16. The number of aromatic nitrogens is 1. The third-order valence-electron chi connectivity index (χ3n) is 2.63. The molecule has 0 bridgehead atoms. The third-order valence-corrected chi connectivity index (χ3v) is 2.93. The average molecular weight is 243 g/mol. The fraction of sp³-hybridized carbons (Fsp3) is 0.455. The van der Waals surface area contributed by atoms with Crippen LogP contribution in [0.25, 0.3) is 0 Å². The highest BCUT2D eigenvalue weighted by atomic mass is 35.5. The molecule has 0 atom stereocenters. The molecule has 0 saturated heterocycles. The second-order valence-corrected chi connectivity index (χ2v) is 4.17. The Bertz CT molecular complexity index is 420. The van der Waals surface area contributed by atoms with Crippen LogP contribution in [0.1, 0.15) is 30.1 Å². The average Bonchev–Trinajstić information content (AvgIpc) is 3.07. The lowest BCUT2D eigenvalue weighted by Crippen LogP contribution is -2.33. The highest BCUT2D eigenvalue weighted by Crippen LogP contribution is 2.29. The maximum Gasteiger partial charge on any atom is 0.257 e. The standard InChI is InChI=1S/C11H12ClFN2O/c1-2-15(8-3-4-8)11(16)9-5-7(13)6-14-10(9)12/h5-6,8H,2-4H2,1H3. The van der Waals surface area contributed by atoms with E-state index in [9.17, 15) is 9.18 Å². The molecule has 1 amide bonds. The van der Waals surface area contributed by atoms with Crippen LogP contribution in [-0.2, 0) is 0 Å². The van der Waals surface area contributed by atoms with Gasteiger partial charge in [-0.1, -0.05) is 11.6 Å². The van der Waals surface area contributed by atoms with Gasteiger partial charge >= 0.3 is 0 Å². The monoisotopic (exact) mass is 242 g/mol. The fourth-order valence-corrected chi connectivity index (χ4v) is 1.87. The van der Waals surface area contributed by atoms with E-state index in [0.717, 1.165) is 25.1 Å². The number of nitrogens with zero attached hydrogens (tertiary/aromatic N) is 2. The molecular formula is C11H12ClFN2O. The van der Waals surface area contributed by atoms with E-state index >= 15 is 0 Å². The molecule has 0 spiro atoms. The van der Waals surface area contributed by atoms with Crippen LogP contribution in [0.3, 0.4) is 0 Å². The largest absolute Gasteiger partial charge is 0.336 e. The topological polar surface area (TPSA) is 33.2 Å². The van der Waals surface area contributed by atoms with Gasteiger partial charge in [0.2, 0.25) is 0 Å². The Labute approximate surface area is 98.2 Å². The van der Waals surface area contributed by atoms with E-state index in [4.69, 9.17) is 11.6 Å². The van der Waals surface area contributed by atoms with Gasteiger partial charge in [0.05, 0.1) is 11.8 Å². The van der Waals surface area contributed by atoms with Crippen molar-refractivity contribution in [1.29, 1.82) is 0 Å². The second kappa shape index (κ2) is 4.37. The van der Waals surface area contributed by atoms with Crippen molar-refractivity contribution < 1.29 is 9.18 Å². The molecule has 1 aliphatic rings. The minimum Gasteiger partial charge on any atom is -0.336 e. The predicted octanol–water partition coefficient (Wildman–Crippen LogP) is 2.50. The minimum absolute atomic E-state index is 0.0606. The number of pyridine rings is 1. The van der Waals surface area contributed by atoms with Crippen molar-refractivity contribution in [3.8, 4) is 0 Å². The molecule has 5 heteroatoms. The number of amides is 1. The zero-order valence-electron chi connectivity index (χ0n) is 8.91. The van der Waals surface area contributed by atoms with Crippen molar-refractivity contribution in [2.75, 3.05) is 6.54 Å². The first-order valence-electron chi connectivity index (χ1n) is 5.25. The second-order valence-electron chi connectivity index (χ2n) is 3.81. The Morgan fingerprint density at radius 1 is 1.69 bits per heavy atom. The molecule has 1 aliphatic carbocycles. The summed E-state index contributed by atoms with van der Waals surface area (Å²) in [5, 5.41) is 0.0606. The zero-order valence-corrected chi connectivity index (χ0v) is 9.67. The summed E-state index contributed by atoms with van der Waals surface area (Å²) in [6, 6.07) is 1.43. The van der Waals surface area contributed by atoms with E-state index in [1.807, 2.05) is 6.92 Å². The number of halogens is 2. The van der Waals surface area contributed by atoms with E-state index in [-0.39, 0.29) is 22.7 Å². The van der Waals surface area contributed by atoms with Crippen molar-refractivity contribution in [2.45, 2.75) is 25.8 Å². The molecule has 86 valence electrons.